The van der Waals surface area contributed by atoms with Crippen LogP contribution in [0.2, 0.25) is 0 Å². The van der Waals surface area contributed by atoms with E-state index in [2.05, 4.69) is 9.71 Å². The molecule has 1 saturated heterocycles. The Balaban J connectivity index is 0.00000300. The van der Waals surface area contributed by atoms with Crippen LogP contribution in [0.4, 0.5) is 5.69 Å². The second-order valence-electron chi connectivity index (χ2n) is 6.46. The average Bonchev–Trinajstić information content (AvgIpc) is 3.22. The molecular weight excluding hydrogens is 384 g/mol. The number of oxazole rings is 1. The third-order valence-corrected chi connectivity index (χ3v) is 5.88. The first-order valence-corrected chi connectivity index (χ1v) is 10.6. The summed E-state index contributed by atoms with van der Waals surface area (Å²) in [6, 6.07) is 6.34. The molecule has 1 N–H and O–H groups in total. The number of amides is 2. The molecule has 2 heterocycles. The molecule has 0 saturated carbocycles. The van der Waals surface area contributed by atoms with E-state index >= 15 is 0 Å². The van der Waals surface area contributed by atoms with E-state index in [0.29, 0.717) is 43.9 Å². The van der Waals surface area contributed by atoms with Gasteiger partial charge in [-0.25, -0.2) is 13.4 Å². The van der Waals surface area contributed by atoms with Crippen LogP contribution in [0.5, 0.6) is 0 Å². The summed E-state index contributed by atoms with van der Waals surface area (Å²) >= 11 is 0. The minimum atomic E-state index is -3.37. The molecule has 3 rings (SSSR count). The number of nitrogens with zero attached hydrogens (tertiary/aromatic N) is 3. The molecule has 0 unspecified atom stereocenters. The zero-order valence-electron chi connectivity index (χ0n) is 15.5. The first kappa shape index (κ1) is 19.9. The van der Waals surface area contributed by atoms with Gasteiger partial charge in [0.1, 0.15) is 6.26 Å². The fourth-order valence-corrected chi connectivity index (χ4v) is 4.09. The Morgan fingerprint density at radius 2 is 1.71 bits per heavy atom. The van der Waals surface area contributed by atoms with Crippen LogP contribution in [-0.4, -0.2) is 66.9 Å². The van der Waals surface area contributed by atoms with Crippen molar-refractivity contribution in [1.82, 2.24) is 14.8 Å². The molecule has 0 radical (unpaired) electrons. The van der Waals surface area contributed by atoms with Crippen LogP contribution < -0.4 is 4.72 Å². The lowest BCUT2D eigenvalue weighted by atomic mass is 10.1. The first-order chi connectivity index (χ1) is 13.4. The Morgan fingerprint density at radius 1 is 1.11 bits per heavy atom. The van der Waals surface area contributed by atoms with Gasteiger partial charge >= 0.3 is 0 Å². The summed E-state index contributed by atoms with van der Waals surface area (Å²) in [5.41, 5.74) is 1.14. The molecule has 1 aliphatic rings. The van der Waals surface area contributed by atoms with Crippen molar-refractivity contribution in [3.63, 3.8) is 0 Å². The number of benzene rings is 1. The van der Waals surface area contributed by atoms with Gasteiger partial charge in [0.05, 0.1) is 5.75 Å². The molecular formula is C18H24N4O5S. The Labute approximate surface area is 164 Å². The van der Waals surface area contributed by atoms with Crippen LogP contribution in [0.25, 0.3) is 0 Å². The van der Waals surface area contributed by atoms with E-state index in [-0.39, 0.29) is 24.7 Å². The highest BCUT2D eigenvalue weighted by atomic mass is 32.2. The van der Waals surface area contributed by atoms with Crippen molar-refractivity contribution < 1.29 is 23.9 Å². The average molecular weight is 408 g/mol. The standard InChI is InChI=1S/C18H22N4O5S.H2/c1-2-11-28(25,26)20-15-5-3-14(4-6-15)17(23)21-7-9-22(10-8-21)18(24)16-12-27-13-19-16;/h3-6,12-13,20H,2,7-11H2,1H3;1H. The van der Waals surface area contributed by atoms with Crippen LogP contribution in [0.3, 0.4) is 0 Å². The van der Waals surface area contributed by atoms with E-state index in [1.165, 1.54) is 12.7 Å². The van der Waals surface area contributed by atoms with Crippen molar-refractivity contribution in [2.45, 2.75) is 13.3 Å². The summed E-state index contributed by atoms with van der Waals surface area (Å²) in [5.74, 6) is -0.327. The van der Waals surface area contributed by atoms with Gasteiger partial charge in [-0.2, -0.15) is 0 Å². The Bertz CT molecular complexity index is 924. The van der Waals surface area contributed by atoms with E-state index in [1.807, 2.05) is 0 Å². The maximum Gasteiger partial charge on any atom is 0.275 e. The van der Waals surface area contributed by atoms with Gasteiger partial charge in [-0.1, -0.05) is 6.92 Å². The maximum atomic E-state index is 12.7. The number of aromatic nitrogens is 1. The Morgan fingerprint density at radius 3 is 2.25 bits per heavy atom. The van der Waals surface area contributed by atoms with E-state index in [4.69, 9.17) is 4.42 Å². The van der Waals surface area contributed by atoms with E-state index in [9.17, 15) is 18.0 Å². The molecule has 2 aromatic rings. The van der Waals surface area contributed by atoms with Gasteiger partial charge in [-0.05, 0) is 30.7 Å². The maximum absolute atomic E-state index is 12.7. The molecule has 10 heteroatoms. The zero-order valence-corrected chi connectivity index (χ0v) is 16.3. The van der Waals surface area contributed by atoms with Crippen LogP contribution >= 0.6 is 0 Å². The fraction of sp³-hybridized carbons (Fsp3) is 0.389. The van der Waals surface area contributed by atoms with Gasteiger partial charge in [-0.3, -0.25) is 14.3 Å². The molecule has 0 spiro atoms. The van der Waals surface area contributed by atoms with Gasteiger partial charge in [0.15, 0.2) is 12.1 Å². The van der Waals surface area contributed by atoms with Crippen molar-refractivity contribution in [3.05, 3.63) is 48.2 Å². The number of anilines is 1. The van der Waals surface area contributed by atoms with Crippen molar-refractivity contribution in [2.24, 2.45) is 0 Å². The highest BCUT2D eigenvalue weighted by Gasteiger charge is 2.26. The van der Waals surface area contributed by atoms with Crippen LogP contribution in [0, 0.1) is 0 Å². The fourth-order valence-electron chi connectivity index (χ4n) is 2.96. The van der Waals surface area contributed by atoms with Gasteiger partial charge in [0, 0.05) is 38.9 Å². The Hall–Kier alpha value is -2.88. The normalized spacial score (nSPS) is 14.8. The van der Waals surface area contributed by atoms with Crippen molar-refractivity contribution >= 4 is 27.5 Å². The summed E-state index contributed by atoms with van der Waals surface area (Å²) < 4.78 is 30.9. The molecule has 0 aliphatic carbocycles. The third kappa shape index (κ3) is 4.69. The third-order valence-electron chi connectivity index (χ3n) is 4.38. The van der Waals surface area contributed by atoms with Gasteiger partial charge in [0.25, 0.3) is 11.8 Å². The summed E-state index contributed by atoms with van der Waals surface area (Å²) in [7, 11) is -3.37. The number of carbonyl (C=O) groups excluding carboxylic acids is 2. The molecule has 152 valence electrons. The number of hydrogen-bond acceptors (Lipinski definition) is 6. The first-order valence-electron chi connectivity index (χ1n) is 8.97. The molecule has 1 aliphatic heterocycles. The van der Waals surface area contributed by atoms with Crippen molar-refractivity contribution in [1.29, 1.82) is 0 Å². The van der Waals surface area contributed by atoms with Gasteiger partial charge in [-0.15, -0.1) is 0 Å². The van der Waals surface area contributed by atoms with Gasteiger partial charge in [0.2, 0.25) is 10.0 Å². The van der Waals surface area contributed by atoms with E-state index in [0.717, 1.165) is 0 Å². The number of carbonyl (C=O) groups is 2. The molecule has 9 nitrogen and oxygen atoms in total. The summed E-state index contributed by atoms with van der Waals surface area (Å²) in [4.78, 5) is 32.1. The van der Waals surface area contributed by atoms with Crippen molar-refractivity contribution in [2.75, 3.05) is 36.7 Å². The quantitative estimate of drug-likeness (QED) is 0.778. The molecule has 28 heavy (non-hydrogen) atoms. The summed E-state index contributed by atoms with van der Waals surface area (Å²) in [6.45, 7) is 3.43. The molecule has 1 aromatic heterocycles. The van der Waals surface area contributed by atoms with Gasteiger partial charge < -0.3 is 14.2 Å². The zero-order chi connectivity index (χ0) is 20.1. The van der Waals surface area contributed by atoms with Crippen LogP contribution in [-0.2, 0) is 10.0 Å². The topological polar surface area (TPSA) is 113 Å². The smallest absolute Gasteiger partial charge is 0.275 e. The van der Waals surface area contributed by atoms with Crippen molar-refractivity contribution in [3.8, 4) is 0 Å². The minimum absolute atomic E-state index is 0. The number of nitrogens with one attached hydrogen (secondary N) is 1. The molecule has 0 bridgehead atoms. The SMILES string of the molecule is CCCS(=O)(=O)Nc1ccc(C(=O)N2CCN(C(=O)c3cocn3)CC2)cc1.[HH]. The number of rotatable bonds is 6. The second kappa shape index (κ2) is 8.42. The van der Waals surface area contributed by atoms with E-state index in [1.54, 1.807) is 41.0 Å². The lowest BCUT2D eigenvalue weighted by molar-refractivity contribution is 0.0532. The Kier molecular flexibility index (Phi) is 5.98. The monoisotopic (exact) mass is 408 g/mol. The second-order valence-corrected chi connectivity index (χ2v) is 8.30. The molecule has 2 amide bonds. The lowest BCUT2D eigenvalue weighted by Gasteiger charge is -2.34. The number of hydrogen-bond donors (Lipinski definition) is 1. The number of piperazine rings is 1. The molecule has 1 aromatic carbocycles. The highest BCUT2D eigenvalue weighted by Crippen LogP contribution is 2.15. The lowest BCUT2D eigenvalue weighted by Crippen LogP contribution is -2.50. The van der Waals surface area contributed by atoms with E-state index < -0.39 is 10.0 Å². The molecule has 0 atom stereocenters. The summed E-state index contributed by atoms with van der Waals surface area (Å²) in [5, 5.41) is 0. The predicted molar refractivity (Wildman–Crippen MR) is 105 cm³/mol. The molecule has 1 fully saturated rings. The van der Waals surface area contributed by atoms with Crippen LogP contribution in [0.15, 0.2) is 41.3 Å². The minimum Gasteiger partial charge on any atom is -0.451 e. The highest BCUT2D eigenvalue weighted by molar-refractivity contribution is 7.92. The van der Waals surface area contributed by atoms with Crippen LogP contribution in [0.1, 0.15) is 35.6 Å². The predicted octanol–water partition coefficient (Wildman–Crippen LogP) is 1.67. The largest absolute Gasteiger partial charge is 0.451 e. The number of sulfonamides is 1. The summed E-state index contributed by atoms with van der Waals surface area (Å²) in [6.07, 6.45) is 3.03.